The minimum Gasteiger partial charge on any atom is -0.436 e. The third kappa shape index (κ3) is 10.2. The van der Waals surface area contributed by atoms with Crippen molar-refractivity contribution in [3.8, 4) is 123 Å². The van der Waals surface area contributed by atoms with Crippen LogP contribution in [0.1, 0.15) is 18.1 Å². The van der Waals surface area contributed by atoms with E-state index in [1.54, 1.807) is 0 Å². The maximum atomic E-state index is 6.88. The molecule has 4 aromatic heterocycles. The first-order valence-corrected chi connectivity index (χ1v) is 34.7. The van der Waals surface area contributed by atoms with Gasteiger partial charge in [-0.05, 0) is 211 Å². The number of nitrogens with zero attached hydrogens (tertiary/aromatic N) is 4. The van der Waals surface area contributed by atoms with Crippen molar-refractivity contribution in [3.05, 3.63) is 351 Å². The van der Waals surface area contributed by atoms with Gasteiger partial charge in [-0.25, -0.2) is 9.97 Å². The van der Waals surface area contributed by atoms with Gasteiger partial charge in [-0.2, -0.15) is 0 Å². The van der Waals surface area contributed by atoms with Crippen LogP contribution in [-0.2, 0) is 6.42 Å². The molecule has 19 aromatic rings. The fourth-order valence-corrected chi connectivity index (χ4v) is 15.6. The Morgan fingerprint density at radius 1 is 0.267 bits per heavy atom. The highest BCUT2D eigenvalue weighted by Crippen LogP contribution is 2.45. The molecule has 101 heavy (non-hydrogen) atoms. The summed E-state index contributed by atoms with van der Waals surface area (Å²) in [7, 11) is 0. The molecule has 15 aromatic carbocycles. The van der Waals surface area contributed by atoms with Gasteiger partial charge in [-0.3, -0.25) is 0 Å². The number of fused-ring (bicyclic) bond motifs is 8. The van der Waals surface area contributed by atoms with Crippen LogP contribution in [0.25, 0.3) is 189 Å². The summed E-state index contributed by atoms with van der Waals surface area (Å²) in [6.07, 6.45) is 0.766. The van der Waals surface area contributed by atoms with Gasteiger partial charge in [0.15, 0.2) is 11.2 Å². The van der Waals surface area contributed by atoms with E-state index in [9.17, 15) is 0 Å². The number of aryl methyl sites for hydroxylation is 2. The van der Waals surface area contributed by atoms with E-state index in [1.165, 1.54) is 66.0 Å². The van der Waals surface area contributed by atoms with Crippen molar-refractivity contribution in [3.63, 3.8) is 0 Å². The summed E-state index contributed by atoms with van der Waals surface area (Å²) in [6.45, 7) is 4.35. The third-order valence-corrected chi connectivity index (χ3v) is 20.4. The van der Waals surface area contributed by atoms with E-state index >= 15 is 0 Å². The zero-order valence-corrected chi connectivity index (χ0v) is 55.6. The summed E-state index contributed by atoms with van der Waals surface area (Å²) in [5.41, 5.74) is 32.8. The van der Waals surface area contributed by atoms with Crippen molar-refractivity contribution in [2.75, 3.05) is 0 Å². The molecule has 476 valence electrons. The SMILES string of the molecule is CCc1c(-c2cccc(-n3c4ccccc4c4cc(-c5ccccc5-c5ccccc5-c5ccc(-c6nc7cc(-c8ccccc8C)ccc7o6)cc5)ccc43)c2)ccc2nc(-c3ccc(-c4ccccc4-c4ccccc4-c4ccc5c(c4)c4ccccc4n5-c4ccccc4)cc3)oc12. The molecule has 0 N–H and O–H groups in total. The van der Waals surface area contributed by atoms with Crippen molar-refractivity contribution in [2.45, 2.75) is 20.3 Å². The molecule has 0 amide bonds. The Balaban J connectivity index is 0.609. The number of aromatic nitrogens is 4. The van der Waals surface area contributed by atoms with E-state index in [4.69, 9.17) is 18.8 Å². The number of benzene rings is 15. The molecule has 0 unspecified atom stereocenters. The second kappa shape index (κ2) is 24.4. The van der Waals surface area contributed by atoms with Gasteiger partial charge in [-0.15, -0.1) is 0 Å². The van der Waals surface area contributed by atoms with Crippen LogP contribution in [0.5, 0.6) is 0 Å². The van der Waals surface area contributed by atoms with E-state index < -0.39 is 0 Å². The first-order valence-electron chi connectivity index (χ1n) is 34.7. The predicted molar refractivity (Wildman–Crippen MR) is 419 cm³/mol. The maximum absolute atomic E-state index is 6.88. The Kier molecular flexibility index (Phi) is 14.3. The fraction of sp³-hybridized carbons (Fsp3) is 0.0316. The molecule has 0 bridgehead atoms. The minimum atomic E-state index is 0.600. The normalized spacial score (nSPS) is 11.7. The van der Waals surface area contributed by atoms with Gasteiger partial charge in [0.25, 0.3) is 0 Å². The smallest absolute Gasteiger partial charge is 0.227 e. The average molecular weight is 1290 g/mol. The maximum Gasteiger partial charge on any atom is 0.227 e. The van der Waals surface area contributed by atoms with Crippen LogP contribution in [0.2, 0.25) is 0 Å². The zero-order valence-electron chi connectivity index (χ0n) is 55.6. The molecular formula is C95H64N4O2. The Bertz CT molecular complexity index is 6440. The van der Waals surface area contributed by atoms with Crippen LogP contribution in [0, 0.1) is 6.92 Å². The fourth-order valence-electron chi connectivity index (χ4n) is 15.6. The van der Waals surface area contributed by atoms with Crippen molar-refractivity contribution in [2.24, 2.45) is 0 Å². The van der Waals surface area contributed by atoms with Gasteiger partial charge in [0.1, 0.15) is 11.0 Å². The monoisotopic (exact) mass is 1290 g/mol. The molecular weight excluding hydrogens is 1230 g/mol. The number of para-hydroxylation sites is 3. The molecule has 0 atom stereocenters. The minimum absolute atomic E-state index is 0.600. The summed E-state index contributed by atoms with van der Waals surface area (Å²) in [6, 6.07) is 122. The van der Waals surface area contributed by atoms with E-state index in [0.29, 0.717) is 11.8 Å². The van der Waals surface area contributed by atoms with E-state index in [1.807, 2.05) is 6.07 Å². The van der Waals surface area contributed by atoms with Crippen LogP contribution in [0.3, 0.4) is 0 Å². The van der Waals surface area contributed by atoms with Gasteiger partial charge < -0.3 is 18.0 Å². The van der Waals surface area contributed by atoms with Gasteiger partial charge in [-0.1, -0.05) is 244 Å². The summed E-state index contributed by atoms with van der Waals surface area (Å²) in [4.78, 5) is 10.1. The Morgan fingerprint density at radius 3 is 1.23 bits per heavy atom. The van der Waals surface area contributed by atoms with Crippen LogP contribution < -0.4 is 0 Å². The highest BCUT2D eigenvalue weighted by atomic mass is 16.4. The highest BCUT2D eigenvalue weighted by molar-refractivity contribution is 6.13. The molecule has 0 radical (unpaired) electrons. The highest BCUT2D eigenvalue weighted by Gasteiger charge is 2.22. The predicted octanol–water partition coefficient (Wildman–Crippen LogP) is 25.7. The molecule has 0 aliphatic carbocycles. The molecule has 6 nitrogen and oxygen atoms in total. The summed E-state index contributed by atoms with van der Waals surface area (Å²) in [5.74, 6) is 1.20. The Hall–Kier alpha value is -13.2. The van der Waals surface area contributed by atoms with Crippen molar-refractivity contribution >= 4 is 65.8 Å². The molecule has 0 aliphatic heterocycles. The third-order valence-electron chi connectivity index (χ3n) is 20.4. The lowest BCUT2D eigenvalue weighted by molar-refractivity contribution is 0.616. The number of hydrogen-bond acceptors (Lipinski definition) is 4. The van der Waals surface area contributed by atoms with E-state index in [2.05, 4.69) is 357 Å². The van der Waals surface area contributed by atoms with Gasteiger partial charge in [0.05, 0.1) is 22.1 Å². The Morgan fingerprint density at radius 2 is 0.673 bits per heavy atom. The molecule has 4 heterocycles. The quantitative estimate of drug-likeness (QED) is 0.115. The zero-order chi connectivity index (χ0) is 67.1. The van der Waals surface area contributed by atoms with Gasteiger partial charge in [0.2, 0.25) is 11.8 Å². The Labute approximate surface area is 584 Å². The molecule has 19 rings (SSSR count). The molecule has 0 aliphatic rings. The lowest BCUT2D eigenvalue weighted by atomic mass is 9.89. The summed E-state index contributed by atoms with van der Waals surface area (Å²) >= 11 is 0. The van der Waals surface area contributed by atoms with Crippen LogP contribution in [0.4, 0.5) is 0 Å². The van der Waals surface area contributed by atoms with E-state index in [-0.39, 0.29) is 0 Å². The number of rotatable bonds is 13. The lowest BCUT2D eigenvalue weighted by Crippen LogP contribution is -1.95. The van der Waals surface area contributed by atoms with Gasteiger partial charge in [0, 0.05) is 49.6 Å². The molecule has 0 fully saturated rings. The molecule has 6 heteroatoms. The van der Waals surface area contributed by atoms with Gasteiger partial charge >= 0.3 is 0 Å². The summed E-state index contributed by atoms with van der Waals surface area (Å²) < 4.78 is 18.0. The summed E-state index contributed by atoms with van der Waals surface area (Å²) in [5, 5.41) is 4.85. The van der Waals surface area contributed by atoms with E-state index in [0.717, 1.165) is 129 Å². The first kappa shape index (κ1) is 59.1. The van der Waals surface area contributed by atoms with Crippen LogP contribution >= 0.6 is 0 Å². The lowest BCUT2D eigenvalue weighted by Gasteiger charge is -2.15. The van der Waals surface area contributed by atoms with Crippen molar-refractivity contribution < 1.29 is 8.83 Å². The number of oxazole rings is 2. The largest absolute Gasteiger partial charge is 0.436 e. The molecule has 0 spiro atoms. The second-order valence-corrected chi connectivity index (χ2v) is 26.2. The first-order chi connectivity index (χ1) is 49.9. The second-order valence-electron chi connectivity index (χ2n) is 26.2. The molecule has 0 saturated heterocycles. The number of hydrogen-bond donors (Lipinski definition) is 0. The van der Waals surface area contributed by atoms with Crippen molar-refractivity contribution in [1.82, 2.24) is 19.1 Å². The van der Waals surface area contributed by atoms with Crippen LogP contribution in [-0.4, -0.2) is 19.1 Å². The standard InChI is InChI=1S/C95H64N4O2/c1-3-71-77(51-52-86-93(71)101-95(96-86)64-46-42-62(43-47-64)74-29-10-14-33-79(74)80-34-15-11-30-75(80)66-48-53-90-84(57-66)82-36-17-19-38-88(82)98(90)69-24-5-4-6-25-69)65-23-21-26-70(56-65)99-89-39-20-18-37-83(89)85-58-67(49-54-91(85)99)76-31-12-16-35-81(76)78-32-13-9-28-73(78)61-40-44-63(45-41-61)94-97-87-59-68(50-55-92(87)100-94)72-27-8-7-22-60(72)2/h4-59H,3H2,1-2H3. The average Bonchev–Trinajstić information content (AvgIpc) is 1.63. The van der Waals surface area contributed by atoms with Crippen LogP contribution in [0.15, 0.2) is 349 Å². The van der Waals surface area contributed by atoms with Crippen molar-refractivity contribution in [1.29, 1.82) is 0 Å². The molecule has 0 saturated carbocycles. The topological polar surface area (TPSA) is 61.9 Å².